The second-order valence-corrected chi connectivity index (χ2v) is 5.50. The van der Waals surface area contributed by atoms with Gasteiger partial charge >= 0.3 is 0 Å². The standard InChI is InChI=1S/C13H24N4.ClH/c1-10(2)17-13(4-6-15-17)9-16-7-5-12(8-16)11(3)14;/h4,6,10-12H,5,7-9,14H2,1-3H3;1H. The molecular formula is C13H25ClN4. The largest absolute Gasteiger partial charge is 0.328 e. The Balaban J connectivity index is 0.00000162. The Labute approximate surface area is 116 Å². The van der Waals surface area contributed by atoms with Gasteiger partial charge in [0.2, 0.25) is 0 Å². The molecule has 5 heteroatoms. The lowest BCUT2D eigenvalue weighted by molar-refractivity contribution is 0.295. The van der Waals surface area contributed by atoms with E-state index in [4.69, 9.17) is 5.73 Å². The molecule has 104 valence electrons. The third-order valence-corrected chi connectivity index (χ3v) is 3.68. The molecule has 4 nitrogen and oxygen atoms in total. The molecule has 18 heavy (non-hydrogen) atoms. The summed E-state index contributed by atoms with van der Waals surface area (Å²) in [5.41, 5.74) is 7.28. The van der Waals surface area contributed by atoms with E-state index in [-0.39, 0.29) is 12.4 Å². The van der Waals surface area contributed by atoms with E-state index in [1.54, 1.807) is 0 Å². The van der Waals surface area contributed by atoms with Crippen LogP contribution in [0.15, 0.2) is 12.3 Å². The van der Waals surface area contributed by atoms with Crippen LogP contribution in [0.5, 0.6) is 0 Å². The van der Waals surface area contributed by atoms with Gasteiger partial charge in [-0.1, -0.05) is 0 Å². The molecule has 2 rings (SSSR count). The summed E-state index contributed by atoms with van der Waals surface area (Å²) in [6.45, 7) is 9.75. The highest BCUT2D eigenvalue weighted by Gasteiger charge is 2.25. The highest BCUT2D eigenvalue weighted by molar-refractivity contribution is 5.85. The zero-order valence-corrected chi connectivity index (χ0v) is 12.4. The molecular weight excluding hydrogens is 248 g/mol. The predicted molar refractivity (Wildman–Crippen MR) is 76.9 cm³/mol. The summed E-state index contributed by atoms with van der Waals surface area (Å²) in [6, 6.07) is 2.88. The molecule has 0 spiro atoms. The van der Waals surface area contributed by atoms with Gasteiger partial charge in [-0.2, -0.15) is 5.10 Å². The monoisotopic (exact) mass is 272 g/mol. The second kappa shape index (κ2) is 6.55. The normalized spacial score (nSPS) is 22.2. The van der Waals surface area contributed by atoms with Gasteiger partial charge < -0.3 is 5.73 Å². The van der Waals surface area contributed by atoms with E-state index in [0.29, 0.717) is 18.0 Å². The summed E-state index contributed by atoms with van der Waals surface area (Å²) >= 11 is 0. The van der Waals surface area contributed by atoms with Crippen LogP contribution in [-0.4, -0.2) is 33.8 Å². The van der Waals surface area contributed by atoms with Gasteiger partial charge in [0.25, 0.3) is 0 Å². The van der Waals surface area contributed by atoms with Crippen molar-refractivity contribution in [3.8, 4) is 0 Å². The summed E-state index contributed by atoms with van der Waals surface area (Å²) in [6.07, 6.45) is 3.13. The summed E-state index contributed by atoms with van der Waals surface area (Å²) in [5.74, 6) is 0.658. The minimum absolute atomic E-state index is 0. The molecule has 1 aliphatic heterocycles. The van der Waals surface area contributed by atoms with Gasteiger partial charge in [-0.15, -0.1) is 12.4 Å². The van der Waals surface area contributed by atoms with Gasteiger partial charge in [-0.25, -0.2) is 0 Å². The van der Waals surface area contributed by atoms with E-state index in [1.807, 2.05) is 6.20 Å². The number of halogens is 1. The molecule has 0 aliphatic carbocycles. The molecule has 1 aromatic heterocycles. The van der Waals surface area contributed by atoms with Crippen LogP contribution in [0.2, 0.25) is 0 Å². The fraction of sp³-hybridized carbons (Fsp3) is 0.769. The molecule has 0 radical (unpaired) electrons. The zero-order valence-electron chi connectivity index (χ0n) is 11.5. The number of hydrogen-bond acceptors (Lipinski definition) is 3. The molecule has 0 bridgehead atoms. The molecule has 1 saturated heterocycles. The molecule has 1 aliphatic rings. The fourth-order valence-electron chi connectivity index (χ4n) is 2.60. The average molecular weight is 273 g/mol. The van der Waals surface area contributed by atoms with Crippen LogP contribution < -0.4 is 5.73 Å². The van der Waals surface area contributed by atoms with E-state index >= 15 is 0 Å². The Morgan fingerprint density at radius 3 is 2.72 bits per heavy atom. The van der Waals surface area contributed by atoms with Gasteiger partial charge in [0.05, 0.1) is 5.69 Å². The molecule has 1 aromatic rings. The maximum atomic E-state index is 5.97. The summed E-state index contributed by atoms with van der Waals surface area (Å²) in [4.78, 5) is 2.49. The van der Waals surface area contributed by atoms with Crippen molar-refractivity contribution in [2.24, 2.45) is 11.7 Å². The summed E-state index contributed by atoms with van der Waals surface area (Å²) in [5, 5.41) is 4.38. The van der Waals surface area contributed by atoms with Gasteiger partial charge in [-0.3, -0.25) is 9.58 Å². The van der Waals surface area contributed by atoms with Crippen molar-refractivity contribution in [3.63, 3.8) is 0 Å². The molecule has 0 amide bonds. The lowest BCUT2D eigenvalue weighted by atomic mass is 10.0. The lowest BCUT2D eigenvalue weighted by Gasteiger charge is -2.19. The number of rotatable bonds is 4. The van der Waals surface area contributed by atoms with Crippen LogP contribution >= 0.6 is 12.4 Å². The van der Waals surface area contributed by atoms with E-state index in [9.17, 15) is 0 Å². The highest BCUT2D eigenvalue weighted by atomic mass is 35.5. The van der Waals surface area contributed by atoms with Crippen LogP contribution in [0.1, 0.15) is 38.9 Å². The van der Waals surface area contributed by atoms with Crippen molar-refractivity contribution < 1.29 is 0 Å². The lowest BCUT2D eigenvalue weighted by Crippen LogP contribution is -2.30. The van der Waals surface area contributed by atoms with E-state index in [1.165, 1.54) is 12.1 Å². The van der Waals surface area contributed by atoms with Crippen LogP contribution in [0.3, 0.4) is 0 Å². The maximum absolute atomic E-state index is 5.97. The third kappa shape index (κ3) is 3.46. The van der Waals surface area contributed by atoms with Crippen LogP contribution in [0.25, 0.3) is 0 Å². The SMILES string of the molecule is CC(N)C1CCN(Cc2ccnn2C(C)C)C1.Cl. The smallest absolute Gasteiger partial charge is 0.0527 e. The van der Waals surface area contributed by atoms with Gasteiger partial charge in [-0.05, 0) is 45.7 Å². The zero-order chi connectivity index (χ0) is 12.4. The topological polar surface area (TPSA) is 47.1 Å². The first kappa shape index (κ1) is 15.5. The minimum atomic E-state index is 0. The summed E-state index contributed by atoms with van der Waals surface area (Å²) < 4.78 is 2.11. The van der Waals surface area contributed by atoms with Crippen LogP contribution in [0.4, 0.5) is 0 Å². The highest BCUT2D eigenvalue weighted by Crippen LogP contribution is 2.21. The molecule has 2 N–H and O–H groups in total. The minimum Gasteiger partial charge on any atom is -0.328 e. The predicted octanol–water partition coefficient (Wildman–Crippen LogP) is 2.05. The van der Waals surface area contributed by atoms with Gasteiger partial charge in [0, 0.05) is 31.4 Å². The first-order valence-electron chi connectivity index (χ1n) is 6.58. The first-order valence-corrected chi connectivity index (χ1v) is 6.58. The van der Waals surface area contributed by atoms with Crippen molar-refractivity contribution in [1.82, 2.24) is 14.7 Å². The molecule has 1 fully saturated rings. The Kier molecular flexibility index (Phi) is 5.63. The molecule has 2 unspecified atom stereocenters. The Hall–Kier alpha value is -0.580. The van der Waals surface area contributed by atoms with Crippen LogP contribution in [0, 0.1) is 5.92 Å². The first-order chi connectivity index (χ1) is 8.08. The second-order valence-electron chi connectivity index (χ2n) is 5.50. The van der Waals surface area contributed by atoms with Gasteiger partial charge in [0.15, 0.2) is 0 Å². The van der Waals surface area contributed by atoms with Crippen molar-refractivity contribution in [1.29, 1.82) is 0 Å². The molecule has 2 atom stereocenters. The Morgan fingerprint density at radius 1 is 1.44 bits per heavy atom. The van der Waals surface area contributed by atoms with E-state index < -0.39 is 0 Å². The fourth-order valence-corrected chi connectivity index (χ4v) is 2.60. The number of likely N-dealkylation sites (tertiary alicyclic amines) is 1. The quantitative estimate of drug-likeness (QED) is 0.913. The molecule has 2 heterocycles. The number of hydrogen-bond donors (Lipinski definition) is 1. The Bertz CT molecular complexity index is 362. The maximum Gasteiger partial charge on any atom is 0.0527 e. The number of nitrogens with zero attached hydrogens (tertiary/aromatic N) is 3. The average Bonchev–Trinajstić information content (AvgIpc) is 2.86. The number of aromatic nitrogens is 2. The van der Waals surface area contributed by atoms with E-state index in [2.05, 4.69) is 41.5 Å². The van der Waals surface area contributed by atoms with Crippen molar-refractivity contribution in [2.45, 2.75) is 45.8 Å². The van der Waals surface area contributed by atoms with Crippen LogP contribution in [-0.2, 0) is 6.54 Å². The number of nitrogens with two attached hydrogens (primary N) is 1. The van der Waals surface area contributed by atoms with E-state index in [0.717, 1.165) is 19.6 Å². The Morgan fingerprint density at radius 2 is 2.17 bits per heavy atom. The summed E-state index contributed by atoms with van der Waals surface area (Å²) in [7, 11) is 0. The van der Waals surface area contributed by atoms with Crippen molar-refractivity contribution in [3.05, 3.63) is 18.0 Å². The third-order valence-electron chi connectivity index (χ3n) is 3.68. The van der Waals surface area contributed by atoms with Crippen molar-refractivity contribution >= 4 is 12.4 Å². The van der Waals surface area contributed by atoms with Crippen molar-refractivity contribution in [2.75, 3.05) is 13.1 Å². The van der Waals surface area contributed by atoms with Gasteiger partial charge in [0.1, 0.15) is 0 Å². The molecule has 0 saturated carbocycles. The molecule has 0 aromatic carbocycles.